The SMILES string of the molecule is COCCn1ncc(Br)c1C(=O)c1ccc(F)c(F)c1Br. The highest BCUT2D eigenvalue weighted by Crippen LogP contribution is 2.27. The van der Waals surface area contributed by atoms with Crippen LogP contribution in [0.1, 0.15) is 16.1 Å². The molecule has 0 saturated carbocycles. The normalized spacial score (nSPS) is 10.9. The number of carbonyl (C=O) groups is 1. The molecular formula is C13H10Br2F2N2O2. The van der Waals surface area contributed by atoms with Crippen molar-refractivity contribution < 1.29 is 18.3 Å². The molecule has 2 rings (SSSR count). The van der Waals surface area contributed by atoms with E-state index in [1.165, 1.54) is 24.1 Å². The highest BCUT2D eigenvalue weighted by Gasteiger charge is 2.23. The molecule has 0 radical (unpaired) electrons. The van der Waals surface area contributed by atoms with Crippen LogP contribution in [0.4, 0.5) is 8.78 Å². The summed E-state index contributed by atoms with van der Waals surface area (Å²) in [5.41, 5.74) is 0.271. The van der Waals surface area contributed by atoms with Gasteiger partial charge in [0.05, 0.1) is 28.3 Å². The van der Waals surface area contributed by atoms with Crippen molar-refractivity contribution in [1.29, 1.82) is 0 Å². The molecule has 2 aromatic rings. The third-order valence-electron chi connectivity index (χ3n) is 2.80. The van der Waals surface area contributed by atoms with Crippen molar-refractivity contribution in [1.82, 2.24) is 9.78 Å². The lowest BCUT2D eigenvalue weighted by Crippen LogP contribution is -2.15. The van der Waals surface area contributed by atoms with Crippen LogP contribution in [0.2, 0.25) is 0 Å². The Bertz CT molecular complexity index is 689. The fourth-order valence-corrected chi connectivity index (χ4v) is 2.74. The lowest BCUT2D eigenvalue weighted by Gasteiger charge is -2.09. The van der Waals surface area contributed by atoms with Crippen molar-refractivity contribution in [3.05, 3.63) is 50.2 Å². The first-order chi connectivity index (χ1) is 9.97. The van der Waals surface area contributed by atoms with Gasteiger partial charge in [-0.2, -0.15) is 5.10 Å². The molecule has 0 aliphatic rings. The summed E-state index contributed by atoms with van der Waals surface area (Å²) in [6, 6.07) is 2.14. The van der Waals surface area contributed by atoms with E-state index >= 15 is 0 Å². The van der Waals surface area contributed by atoms with Crippen LogP contribution in [0.3, 0.4) is 0 Å². The van der Waals surface area contributed by atoms with Crippen molar-refractivity contribution >= 4 is 37.6 Å². The van der Waals surface area contributed by atoms with Gasteiger partial charge in [0, 0.05) is 12.7 Å². The molecule has 21 heavy (non-hydrogen) atoms. The number of halogens is 4. The second-order valence-electron chi connectivity index (χ2n) is 4.11. The van der Waals surface area contributed by atoms with Gasteiger partial charge in [-0.15, -0.1) is 0 Å². The van der Waals surface area contributed by atoms with Crippen LogP contribution in [0.25, 0.3) is 0 Å². The van der Waals surface area contributed by atoms with Gasteiger partial charge in [0.15, 0.2) is 11.6 Å². The molecule has 1 aromatic carbocycles. The minimum Gasteiger partial charge on any atom is -0.383 e. The minimum absolute atomic E-state index is 0.0220. The van der Waals surface area contributed by atoms with Crippen LogP contribution >= 0.6 is 31.9 Å². The maximum atomic E-state index is 13.6. The van der Waals surface area contributed by atoms with Gasteiger partial charge < -0.3 is 4.74 Å². The van der Waals surface area contributed by atoms with Gasteiger partial charge in [0.1, 0.15) is 5.69 Å². The van der Waals surface area contributed by atoms with E-state index in [2.05, 4.69) is 37.0 Å². The first kappa shape index (κ1) is 16.3. The standard InChI is InChI=1S/C13H10Br2F2N2O2/c1-21-5-4-19-12(8(14)6-18-19)13(20)7-2-3-9(16)11(17)10(7)15/h2-3,6H,4-5H2,1H3. The predicted molar refractivity (Wildman–Crippen MR) is 79.3 cm³/mol. The molecule has 0 amide bonds. The van der Waals surface area contributed by atoms with Crippen molar-refractivity contribution in [2.75, 3.05) is 13.7 Å². The van der Waals surface area contributed by atoms with Gasteiger partial charge >= 0.3 is 0 Å². The van der Waals surface area contributed by atoms with E-state index < -0.39 is 17.4 Å². The lowest BCUT2D eigenvalue weighted by atomic mass is 10.1. The van der Waals surface area contributed by atoms with Crippen LogP contribution in [-0.2, 0) is 11.3 Å². The molecule has 4 nitrogen and oxygen atoms in total. The summed E-state index contributed by atoms with van der Waals surface area (Å²) >= 11 is 6.15. The van der Waals surface area contributed by atoms with E-state index in [4.69, 9.17) is 4.74 Å². The molecule has 0 spiro atoms. The van der Waals surface area contributed by atoms with Gasteiger partial charge in [-0.1, -0.05) is 0 Å². The Morgan fingerprint density at radius 2 is 2.10 bits per heavy atom. The monoisotopic (exact) mass is 422 g/mol. The number of benzene rings is 1. The zero-order valence-corrected chi connectivity index (χ0v) is 14.0. The number of aromatic nitrogens is 2. The van der Waals surface area contributed by atoms with Crippen LogP contribution in [-0.4, -0.2) is 29.3 Å². The van der Waals surface area contributed by atoms with E-state index in [1.807, 2.05) is 0 Å². The fraction of sp³-hybridized carbons (Fsp3) is 0.231. The van der Waals surface area contributed by atoms with Crippen molar-refractivity contribution in [2.24, 2.45) is 0 Å². The Morgan fingerprint density at radius 3 is 2.76 bits per heavy atom. The summed E-state index contributed by atoms with van der Waals surface area (Å²) in [4.78, 5) is 12.5. The van der Waals surface area contributed by atoms with E-state index in [-0.39, 0.29) is 15.7 Å². The highest BCUT2D eigenvalue weighted by atomic mass is 79.9. The van der Waals surface area contributed by atoms with Gasteiger partial charge in [0.25, 0.3) is 0 Å². The number of hydrogen-bond acceptors (Lipinski definition) is 3. The summed E-state index contributed by atoms with van der Waals surface area (Å²) in [6.45, 7) is 0.734. The van der Waals surface area contributed by atoms with Gasteiger partial charge in [-0.25, -0.2) is 8.78 Å². The second kappa shape index (κ2) is 6.76. The van der Waals surface area contributed by atoms with Gasteiger partial charge in [-0.05, 0) is 44.0 Å². The molecule has 8 heteroatoms. The molecule has 0 unspecified atom stereocenters. The summed E-state index contributed by atoms with van der Waals surface area (Å²) in [5, 5.41) is 4.06. The maximum absolute atomic E-state index is 13.6. The van der Waals surface area contributed by atoms with Crippen molar-refractivity contribution in [2.45, 2.75) is 6.54 Å². The van der Waals surface area contributed by atoms with Crippen LogP contribution in [0.5, 0.6) is 0 Å². The number of nitrogens with zero attached hydrogens (tertiary/aromatic N) is 2. The Hall–Kier alpha value is -1.12. The number of ketones is 1. The Morgan fingerprint density at radius 1 is 1.38 bits per heavy atom. The molecule has 0 N–H and O–H groups in total. The van der Waals surface area contributed by atoms with Crippen LogP contribution in [0, 0.1) is 11.6 Å². The molecule has 112 valence electrons. The third kappa shape index (κ3) is 3.22. The summed E-state index contributed by atoms with van der Waals surface area (Å²) in [5.74, 6) is -2.59. The smallest absolute Gasteiger partial charge is 0.213 e. The Balaban J connectivity index is 2.45. The van der Waals surface area contributed by atoms with E-state index in [9.17, 15) is 13.6 Å². The van der Waals surface area contributed by atoms with E-state index in [0.29, 0.717) is 17.6 Å². The Kier molecular flexibility index (Phi) is 5.23. The van der Waals surface area contributed by atoms with Crippen LogP contribution in [0.15, 0.2) is 27.3 Å². The van der Waals surface area contributed by atoms with E-state index in [0.717, 1.165) is 6.07 Å². The first-order valence-corrected chi connectivity index (χ1v) is 7.44. The number of rotatable bonds is 5. The molecule has 1 aromatic heterocycles. The number of hydrogen-bond donors (Lipinski definition) is 0. The molecular weight excluding hydrogens is 414 g/mol. The van der Waals surface area contributed by atoms with Gasteiger partial charge in [-0.3, -0.25) is 9.48 Å². The maximum Gasteiger partial charge on any atom is 0.213 e. The van der Waals surface area contributed by atoms with Gasteiger partial charge in [0.2, 0.25) is 5.78 Å². The molecule has 1 heterocycles. The van der Waals surface area contributed by atoms with E-state index in [1.54, 1.807) is 0 Å². The summed E-state index contributed by atoms with van der Waals surface area (Å²) in [6.07, 6.45) is 1.47. The molecule has 0 fully saturated rings. The quantitative estimate of drug-likeness (QED) is 0.545. The Labute approximate surface area is 136 Å². The lowest BCUT2D eigenvalue weighted by molar-refractivity contribution is 0.102. The van der Waals surface area contributed by atoms with Crippen molar-refractivity contribution in [3.63, 3.8) is 0 Å². The molecule has 0 aliphatic carbocycles. The summed E-state index contributed by atoms with van der Waals surface area (Å²) in [7, 11) is 1.53. The molecule has 0 bridgehead atoms. The topological polar surface area (TPSA) is 44.1 Å². The number of methoxy groups -OCH3 is 1. The number of carbonyl (C=O) groups excluding carboxylic acids is 1. The zero-order valence-electron chi connectivity index (χ0n) is 10.9. The largest absolute Gasteiger partial charge is 0.383 e. The number of ether oxygens (including phenoxy) is 1. The zero-order chi connectivity index (χ0) is 15.6. The third-order valence-corrected chi connectivity index (χ3v) is 4.15. The van der Waals surface area contributed by atoms with Crippen LogP contribution < -0.4 is 0 Å². The predicted octanol–water partition coefficient (Wildman–Crippen LogP) is 3.56. The second-order valence-corrected chi connectivity index (χ2v) is 5.76. The first-order valence-electron chi connectivity index (χ1n) is 5.85. The molecule has 0 aliphatic heterocycles. The summed E-state index contributed by atoms with van der Waals surface area (Å²) < 4.78 is 33.4. The highest BCUT2D eigenvalue weighted by molar-refractivity contribution is 9.11. The molecule has 0 atom stereocenters. The minimum atomic E-state index is -1.10. The average Bonchev–Trinajstić information content (AvgIpc) is 2.83. The van der Waals surface area contributed by atoms with Crippen molar-refractivity contribution in [3.8, 4) is 0 Å². The average molecular weight is 424 g/mol. The fourth-order valence-electron chi connectivity index (χ4n) is 1.76. The molecule has 0 saturated heterocycles.